The Morgan fingerprint density at radius 1 is 0.903 bits per heavy atom. The summed E-state index contributed by atoms with van der Waals surface area (Å²) in [6.45, 7) is 1.88. The van der Waals surface area contributed by atoms with Gasteiger partial charge in [-0.2, -0.15) is 10.2 Å². The first-order valence-corrected chi connectivity index (χ1v) is 9.75. The lowest BCUT2D eigenvalue weighted by Gasteiger charge is -2.05. The summed E-state index contributed by atoms with van der Waals surface area (Å²) < 4.78 is 14.0. The number of aromatic nitrogens is 7. The Labute approximate surface area is 175 Å². The molecule has 0 spiro atoms. The molecule has 5 heterocycles. The van der Waals surface area contributed by atoms with Crippen molar-refractivity contribution < 1.29 is 4.39 Å². The van der Waals surface area contributed by atoms with E-state index in [0.29, 0.717) is 5.65 Å². The maximum atomic E-state index is 14.0. The van der Waals surface area contributed by atoms with Crippen LogP contribution in [0.5, 0.6) is 0 Å². The average molecular weight is 409 g/mol. The van der Waals surface area contributed by atoms with Gasteiger partial charge in [0, 0.05) is 40.5 Å². The van der Waals surface area contributed by atoms with Crippen LogP contribution in [-0.4, -0.2) is 35.3 Å². The van der Waals surface area contributed by atoms with E-state index in [-0.39, 0.29) is 5.82 Å². The molecule has 6 rings (SSSR count). The van der Waals surface area contributed by atoms with Crippen molar-refractivity contribution in [1.82, 2.24) is 35.3 Å². The summed E-state index contributed by atoms with van der Waals surface area (Å²) in [6.07, 6.45) is 7.07. The molecule has 6 aromatic rings. The third kappa shape index (κ3) is 2.88. The minimum absolute atomic E-state index is 0.256. The second-order valence-corrected chi connectivity index (χ2v) is 7.50. The van der Waals surface area contributed by atoms with Crippen molar-refractivity contribution in [2.24, 2.45) is 0 Å². The highest BCUT2D eigenvalue weighted by atomic mass is 19.1. The monoisotopic (exact) mass is 409 g/mol. The standard InChI is InChI=1S/C23H16FN7/c1-12-4-13(6-16(24)5-12)17-2-3-25-22-18(17)8-20(29-22)21-19-7-14(15-10-27-28-11-15)9-26-23(19)31-30-21/h2-11H,1H3,(H,25,29)(H,27,28)(H,26,30,31). The van der Waals surface area contributed by atoms with E-state index in [9.17, 15) is 4.39 Å². The lowest BCUT2D eigenvalue weighted by atomic mass is 10.0. The summed E-state index contributed by atoms with van der Waals surface area (Å²) in [5.41, 5.74) is 7.46. The predicted molar refractivity (Wildman–Crippen MR) is 117 cm³/mol. The molecule has 0 aliphatic carbocycles. The highest BCUT2D eigenvalue weighted by molar-refractivity contribution is 5.99. The van der Waals surface area contributed by atoms with Crippen molar-refractivity contribution in [3.63, 3.8) is 0 Å². The molecule has 0 saturated heterocycles. The number of aryl methyl sites for hydroxylation is 1. The third-order valence-electron chi connectivity index (χ3n) is 5.40. The van der Waals surface area contributed by atoms with Crippen LogP contribution in [0.4, 0.5) is 4.39 Å². The maximum absolute atomic E-state index is 14.0. The normalized spacial score (nSPS) is 11.5. The van der Waals surface area contributed by atoms with Gasteiger partial charge in [0.15, 0.2) is 5.65 Å². The van der Waals surface area contributed by atoms with Gasteiger partial charge in [-0.15, -0.1) is 0 Å². The third-order valence-corrected chi connectivity index (χ3v) is 5.40. The Kier molecular flexibility index (Phi) is 3.73. The van der Waals surface area contributed by atoms with Crippen LogP contribution in [0.15, 0.2) is 61.2 Å². The van der Waals surface area contributed by atoms with Gasteiger partial charge in [0.25, 0.3) is 0 Å². The smallest absolute Gasteiger partial charge is 0.181 e. The van der Waals surface area contributed by atoms with Gasteiger partial charge in [-0.25, -0.2) is 14.4 Å². The Morgan fingerprint density at radius 2 is 1.84 bits per heavy atom. The second kappa shape index (κ2) is 6.60. The quantitative estimate of drug-likeness (QED) is 0.383. The van der Waals surface area contributed by atoms with Crippen molar-refractivity contribution in [3.05, 3.63) is 72.6 Å². The fraction of sp³-hybridized carbons (Fsp3) is 0.0435. The van der Waals surface area contributed by atoms with Crippen molar-refractivity contribution in [2.45, 2.75) is 6.92 Å². The molecule has 0 aliphatic heterocycles. The number of nitrogens with zero attached hydrogens (tertiary/aromatic N) is 4. The molecule has 0 amide bonds. The highest BCUT2D eigenvalue weighted by Gasteiger charge is 2.15. The molecule has 0 radical (unpaired) electrons. The first-order valence-electron chi connectivity index (χ1n) is 9.75. The zero-order chi connectivity index (χ0) is 20.9. The number of benzene rings is 1. The Morgan fingerprint density at radius 3 is 2.68 bits per heavy atom. The van der Waals surface area contributed by atoms with E-state index >= 15 is 0 Å². The van der Waals surface area contributed by atoms with Crippen LogP contribution in [0.1, 0.15) is 5.56 Å². The van der Waals surface area contributed by atoms with E-state index in [1.165, 1.54) is 6.07 Å². The lowest BCUT2D eigenvalue weighted by Crippen LogP contribution is -1.85. The molecule has 0 saturated carbocycles. The Hall–Kier alpha value is -4.33. The van der Waals surface area contributed by atoms with Crippen molar-refractivity contribution >= 4 is 22.1 Å². The van der Waals surface area contributed by atoms with Crippen LogP contribution in [0.25, 0.3) is 55.7 Å². The van der Waals surface area contributed by atoms with Gasteiger partial charge in [-0.1, -0.05) is 6.07 Å². The zero-order valence-corrected chi connectivity index (χ0v) is 16.4. The van der Waals surface area contributed by atoms with Crippen LogP contribution >= 0.6 is 0 Å². The fourth-order valence-electron chi connectivity index (χ4n) is 3.98. The predicted octanol–water partition coefficient (Wildman–Crippen LogP) is 5.01. The zero-order valence-electron chi connectivity index (χ0n) is 16.4. The number of aromatic amines is 3. The van der Waals surface area contributed by atoms with Gasteiger partial charge >= 0.3 is 0 Å². The molecule has 0 atom stereocenters. The lowest BCUT2D eigenvalue weighted by molar-refractivity contribution is 0.627. The van der Waals surface area contributed by atoms with Gasteiger partial charge in [-0.05, 0) is 53.9 Å². The van der Waals surface area contributed by atoms with E-state index in [0.717, 1.165) is 55.6 Å². The van der Waals surface area contributed by atoms with Crippen molar-refractivity contribution in [2.75, 3.05) is 0 Å². The van der Waals surface area contributed by atoms with Gasteiger partial charge in [0.2, 0.25) is 0 Å². The first-order chi connectivity index (χ1) is 15.2. The largest absolute Gasteiger partial charge is 0.338 e. The first kappa shape index (κ1) is 17.5. The van der Waals surface area contributed by atoms with Crippen LogP contribution in [0, 0.1) is 12.7 Å². The molecule has 0 unspecified atom stereocenters. The summed E-state index contributed by atoms with van der Waals surface area (Å²) in [6, 6.07) is 11.0. The van der Waals surface area contributed by atoms with Gasteiger partial charge in [0.05, 0.1) is 17.6 Å². The minimum Gasteiger partial charge on any atom is -0.338 e. The van der Waals surface area contributed by atoms with Crippen LogP contribution < -0.4 is 0 Å². The maximum Gasteiger partial charge on any atom is 0.181 e. The van der Waals surface area contributed by atoms with E-state index in [1.54, 1.807) is 24.7 Å². The summed E-state index contributed by atoms with van der Waals surface area (Å²) in [7, 11) is 0. The molecule has 1 aromatic carbocycles. The van der Waals surface area contributed by atoms with Crippen LogP contribution in [0.3, 0.4) is 0 Å². The molecule has 150 valence electrons. The second-order valence-electron chi connectivity index (χ2n) is 7.50. The van der Waals surface area contributed by atoms with Crippen LogP contribution in [0.2, 0.25) is 0 Å². The number of pyridine rings is 2. The van der Waals surface area contributed by atoms with E-state index in [1.807, 2.05) is 37.4 Å². The number of halogens is 1. The molecule has 3 N–H and O–H groups in total. The Bertz CT molecular complexity index is 1540. The van der Waals surface area contributed by atoms with Crippen molar-refractivity contribution in [3.8, 4) is 33.6 Å². The molecular formula is C23H16FN7. The molecule has 5 aromatic heterocycles. The van der Waals surface area contributed by atoms with Crippen LogP contribution in [-0.2, 0) is 0 Å². The highest BCUT2D eigenvalue weighted by Crippen LogP contribution is 2.34. The number of fused-ring (bicyclic) bond motifs is 2. The van der Waals surface area contributed by atoms with E-state index < -0.39 is 0 Å². The van der Waals surface area contributed by atoms with Gasteiger partial charge in [-0.3, -0.25) is 10.2 Å². The molecule has 7 nitrogen and oxygen atoms in total. The summed E-state index contributed by atoms with van der Waals surface area (Å²) in [5.74, 6) is -0.256. The van der Waals surface area contributed by atoms with E-state index in [2.05, 4.69) is 35.3 Å². The number of H-pyrrole nitrogens is 3. The summed E-state index contributed by atoms with van der Waals surface area (Å²) in [5, 5.41) is 16.0. The molecule has 0 bridgehead atoms. The molecule has 31 heavy (non-hydrogen) atoms. The summed E-state index contributed by atoms with van der Waals surface area (Å²) >= 11 is 0. The van der Waals surface area contributed by atoms with E-state index in [4.69, 9.17) is 0 Å². The number of hydrogen-bond donors (Lipinski definition) is 3. The number of hydrogen-bond acceptors (Lipinski definition) is 4. The minimum atomic E-state index is -0.256. The Balaban J connectivity index is 1.53. The van der Waals surface area contributed by atoms with Crippen molar-refractivity contribution in [1.29, 1.82) is 0 Å². The molecular weight excluding hydrogens is 393 g/mol. The summed E-state index contributed by atoms with van der Waals surface area (Å²) in [4.78, 5) is 12.3. The van der Waals surface area contributed by atoms with Gasteiger partial charge in [0.1, 0.15) is 11.5 Å². The molecule has 0 fully saturated rings. The topological polar surface area (TPSA) is 98.9 Å². The number of rotatable bonds is 3. The average Bonchev–Trinajstić information content (AvgIpc) is 3.50. The number of nitrogens with one attached hydrogen (secondary N) is 3. The fourth-order valence-corrected chi connectivity index (χ4v) is 3.98. The molecule has 0 aliphatic rings. The van der Waals surface area contributed by atoms with Gasteiger partial charge < -0.3 is 4.98 Å². The SMILES string of the molecule is Cc1cc(F)cc(-c2ccnc3[nH]c(-c4[nH]nc5ncc(-c6cn[nH]c6)cc45)cc23)c1. The molecule has 8 heteroatoms.